The Morgan fingerprint density at radius 3 is 2.10 bits per heavy atom. The molecule has 1 aliphatic heterocycles. The van der Waals surface area contributed by atoms with Gasteiger partial charge in [-0.25, -0.2) is 4.79 Å². The highest BCUT2D eigenvalue weighted by Gasteiger charge is 2.33. The van der Waals surface area contributed by atoms with E-state index >= 15 is 0 Å². The molecule has 0 aromatic heterocycles. The van der Waals surface area contributed by atoms with Crippen LogP contribution in [0.25, 0.3) is 0 Å². The smallest absolute Gasteiger partial charge is 0.360 e. The number of alkyl halides is 3. The summed E-state index contributed by atoms with van der Waals surface area (Å²) in [6, 6.07) is 0. The van der Waals surface area contributed by atoms with Gasteiger partial charge in [-0.05, 0) is 0 Å². The van der Waals surface area contributed by atoms with Crippen molar-refractivity contribution in [2.75, 3.05) is 0 Å². The van der Waals surface area contributed by atoms with Gasteiger partial charge < -0.3 is 9.47 Å². The van der Waals surface area contributed by atoms with Crippen LogP contribution in [0.2, 0.25) is 0 Å². The first-order valence-electron chi connectivity index (χ1n) is 2.16. The van der Waals surface area contributed by atoms with Gasteiger partial charge in [-0.1, -0.05) is 0 Å². The molecule has 0 aliphatic carbocycles. The van der Waals surface area contributed by atoms with E-state index in [1.807, 2.05) is 0 Å². The van der Waals surface area contributed by atoms with E-state index in [-0.39, 0.29) is 6.08 Å². The van der Waals surface area contributed by atoms with Crippen LogP contribution in [0.1, 0.15) is 0 Å². The van der Waals surface area contributed by atoms with Crippen LogP contribution in [-0.4, -0.2) is 12.3 Å². The number of carbonyl (C=O) groups excluding carboxylic acids is 1. The maximum Gasteiger partial charge on any atom is 0.524 e. The second-order valence-electron chi connectivity index (χ2n) is 1.46. The molecule has 1 saturated heterocycles. The number of ether oxygens (including phenoxy) is 2. The summed E-state index contributed by atoms with van der Waals surface area (Å²) in [4.78, 5) is 9.74. The molecule has 0 aromatic carbocycles. The molecule has 0 saturated carbocycles. The first-order chi connectivity index (χ1) is 4.47. The van der Waals surface area contributed by atoms with Crippen LogP contribution in [0.4, 0.5) is 18.0 Å². The van der Waals surface area contributed by atoms with Gasteiger partial charge in [0.05, 0.1) is 0 Å². The van der Waals surface area contributed by atoms with Gasteiger partial charge in [0, 0.05) is 0 Å². The molecule has 3 nitrogen and oxygen atoms in total. The van der Waals surface area contributed by atoms with E-state index in [4.69, 9.17) is 0 Å². The Morgan fingerprint density at radius 2 is 1.80 bits per heavy atom. The van der Waals surface area contributed by atoms with Crippen LogP contribution in [-0.2, 0) is 9.47 Å². The normalized spacial score (nSPS) is 17.1. The second kappa shape index (κ2) is 1.89. The molecular formula is C4HF3O3. The lowest BCUT2D eigenvalue weighted by molar-refractivity contribution is -0.0958. The molecule has 1 rings (SSSR count). The summed E-state index contributed by atoms with van der Waals surface area (Å²) in [6.07, 6.45) is -5.86. The van der Waals surface area contributed by atoms with Crippen molar-refractivity contribution >= 4 is 6.16 Å². The molecule has 0 bridgehead atoms. The maximum absolute atomic E-state index is 11.3. The molecule has 10 heavy (non-hydrogen) atoms. The summed E-state index contributed by atoms with van der Waals surface area (Å²) < 4.78 is 41.5. The molecule has 1 heterocycles. The van der Waals surface area contributed by atoms with E-state index in [0.29, 0.717) is 0 Å². The quantitative estimate of drug-likeness (QED) is 0.496. The number of rotatable bonds is 0. The number of hydrogen-bond donors (Lipinski definition) is 0. The number of carbonyl (C=O) groups is 1. The predicted octanol–water partition coefficient (Wildman–Crippen LogP) is 1.56. The zero-order chi connectivity index (χ0) is 7.78. The summed E-state index contributed by atoms with van der Waals surface area (Å²) in [5.74, 6) is -0.808. The lowest BCUT2D eigenvalue weighted by Gasteiger charge is -2.15. The van der Waals surface area contributed by atoms with E-state index in [1.54, 1.807) is 0 Å². The van der Waals surface area contributed by atoms with Crippen molar-refractivity contribution in [1.29, 1.82) is 0 Å². The highest BCUT2D eigenvalue weighted by Crippen LogP contribution is 2.23. The molecule has 1 aliphatic rings. The zero-order valence-electron chi connectivity index (χ0n) is 4.44. The number of allylic oxidation sites excluding steroid dienone is 1. The molecule has 0 aromatic rings. The largest absolute Gasteiger partial charge is 0.524 e. The van der Waals surface area contributed by atoms with E-state index < -0.39 is 18.3 Å². The molecule has 0 atom stereocenters. The topological polar surface area (TPSA) is 35.5 Å². The monoisotopic (exact) mass is 154 g/mol. The Labute approximate surface area is 53.0 Å². The van der Waals surface area contributed by atoms with Gasteiger partial charge in [-0.3, -0.25) is 0 Å². The Balaban J connectivity index is 2.51. The Hall–Kier alpha value is -1.20. The third-order valence-corrected chi connectivity index (χ3v) is 0.649. The number of hydrogen-bond acceptors (Lipinski definition) is 3. The molecule has 0 N–H and O–H groups in total. The van der Waals surface area contributed by atoms with Crippen LogP contribution in [0.3, 0.4) is 0 Å². The SMILES string of the molecule is O=C1OC(=CC(F)(F)F)O1. The van der Waals surface area contributed by atoms with Crippen molar-refractivity contribution in [3.05, 3.63) is 12.0 Å². The zero-order valence-corrected chi connectivity index (χ0v) is 4.44. The van der Waals surface area contributed by atoms with Crippen molar-refractivity contribution in [2.45, 2.75) is 6.18 Å². The first kappa shape index (κ1) is 6.91. The third-order valence-electron chi connectivity index (χ3n) is 0.649. The van der Waals surface area contributed by atoms with Crippen molar-refractivity contribution < 1.29 is 27.4 Å². The van der Waals surface area contributed by atoms with Crippen molar-refractivity contribution in [1.82, 2.24) is 0 Å². The van der Waals surface area contributed by atoms with Gasteiger partial charge in [0.1, 0.15) is 6.08 Å². The number of halogens is 3. The summed E-state index contributed by atoms with van der Waals surface area (Å²) in [6.45, 7) is 0. The van der Waals surface area contributed by atoms with E-state index in [2.05, 4.69) is 9.47 Å². The highest BCUT2D eigenvalue weighted by atomic mass is 19.4. The van der Waals surface area contributed by atoms with Gasteiger partial charge >= 0.3 is 18.3 Å². The fourth-order valence-corrected chi connectivity index (χ4v) is 0.364. The molecular weight excluding hydrogens is 153 g/mol. The fourth-order valence-electron chi connectivity index (χ4n) is 0.364. The standard InChI is InChI=1S/C4HF3O3/c5-4(6,7)1-2-9-3(8)10-2/h1H. The van der Waals surface area contributed by atoms with Crippen LogP contribution in [0.15, 0.2) is 12.0 Å². The number of cyclic esters (lactones) is 2. The van der Waals surface area contributed by atoms with E-state index in [0.717, 1.165) is 0 Å². The molecule has 0 unspecified atom stereocenters. The first-order valence-corrected chi connectivity index (χ1v) is 2.16. The minimum Gasteiger partial charge on any atom is -0.360 e. The van der Waals surface area contributed by atoms with Crippen molar-refractivity contribution in [3.8, 4) is 0 Å². The molecule has 1 fully saturated rings. The summed E-state index contributed by atoms with van der Waals surface area (Å²) in [5, 5.41) is 0. The summed E-state index contributed by atoms with van der Waals surface area (Å²) >= 11 is 0. The minimum absolute atomic E-state index is 0.242. The van der Waals surface area contributed by atoms with E-state index in [1.165, 1.54) is 0 Å². The molecule has 6 heteroatoms. The van der Waals surface area contributed by atoms with Gasteiger partial charge in [0.15, 0.2) is 0 Å². The molecule has 56 valence electrons. The highest BCUT2D eigenvalue weighted by molar-refractivity contribution is 5.67. The lowest BCUT2D eigenvalue weighted by Crippen LogP contribution is -2.22. The summed E-state index contributed by atoms with van der Waals surface area (Å²) in [5.41, 5.74) is 0. The van der Waals surface area contributed by atoms with Gasteiger partial charge in [0.2, 0.25) is 0 Å². The van der Waals surface area contributed by atoms with Crippen LogP contribution < -0.4 is 0 Å². The molecule has 0 amide bonds. The minimum atomic E-state index is -4.50. The van der Waals surface area contributed by atoms with Gasteiger partial charge in [0.25, 0.3) is 0 Å². The maximum atomic E-state index is 11.3. The van der Waals surface area contributed by atoms with Crippen LogP contribution in [0, 0.1) is 0 Å². The van der Waals surface area contributed by atoms with Crippen LogP contribution in [0.5, 0.6) is 0 Å². The van der Waals surface area contributed by atoms with Crippen LogP contribution >= 0.6 is 0 Å². The molecule has 0 radical (unpaired) electrons. The van der Waals surface area contributed by atoms with E-state index in [9.17, 15) is 18.0 Å². The third kappa shape index (κ3) is 1.64. The Morgan fingerprint density at radius 1 is 1.30 bits per heavy atom. The predicted molar refractivity (Wildman–Crippen MR) is 21.7 cm³/mol. The Kier molecular flexibility index (Phi) is 1.31. The fraction of sp³-hybridized carbons (Fsp3) is 0.250. The lowest BCUT2D eigenvalue weighted by atomic mass is 10.6. The van der Waals surface area contributed by atoms with Crippen molar-refractivity contribution in [3.63, 3.8) is 0 Å². The van der Waals surface area contributed by atoms with Gasteiger partial charge in [-0.2, -0.15) is 13.2 Å². The van der Waals surface area contributed by atoms with Crippen molar-refractivity contribution in [2.24, 2.45) is 0 Å². The van der Waals surface area contributed by atoms with Gasteiger partial charge in [-0.15, -0.1) is 0 Å². The Bertz CT molecular complexity index is 182. The second-order valence-corrected chi connectivity index (χ2v) is 1.46. The average molecular weight is 154 g/mol. The molecule has 0 spiro atoms. The average Bonchev–Trinajstić information content (AvgIpc) is 1.57. The summed E-state index contributed by atoms with van der Waals surface area (Å²) in [7, 11) is 0.